The Labute approximate surface area is 168 Å². The summed E-state index contributed by atoms with van der Waals surface area (Å²) < 4.78 is 21.0. The predicted molar refractivity (Wildman–Crippen MR) is 103 cm³/mol. The number of aromatic amines is 1. The van der Waals surface area contributed by atoms with Crippen molar-refractivity contribution in [2.75, 3.05) is 0 Å². The number of benzene rings is 2. The van der Waals surface area contributed by atoms with E-state index < -0.39 is 0 Å². The Kier molecular flexibility index (Phi) is 4.25. The largest absolute Gasteiger partial charge is 0.333 e. The predicted octanol–water partition coefficient (Wildman–Crippen LogP) is 3.80. The first-order valence-electron chi connectivity index (χ1n) is 8.74. The van der Waals surface area contributed by atoms with Crippen LogP contribution in [-0.2, 0) is 6.54 Å². The molecule has 0 fully saturated rings. The van der Waals surface area contributed by atoms with Crippen molar-refractivity contribution >= 4 is 22.6 Å². The van der Waals surface area contributed by atoms with Gasteiger partial charge in [-0.1, -0.05) is 33.6 Å². The van der Waals surface area contributed by atoms with Crippen LogP contribution in [0.15, 0.2) is 65.4 Å². The van der Waals surface area contributed by atoms with Gasteiger partial charge in [-0.25, -0.2) is 9.37 Å². The van der Waals surface area contributed by atoms with Gasteiger partial charge in [0.05, 0.1) is 5.56 Å². The molecule has 0 unspecified atom stereocenters. The molecule has 5 rings (SSSR count). The van der Waals surface area contributed by atoms with Gasteiger partial charge < -0.3 is 9.51 Å². The highest BCUT2D eigenvalue weighted by Gasteiger charge is 2.17. The number of nitrogens with one attached hydrogen (secondary N) is 1. The number of halogens is 2. The van der Waals surface area contributed by atoms with Gasteiger partial charge in [0.15, 0.2) is 0 Å². The second kappa shape index (κ2) is 7.06. The maximum Gasteiger partial charge on any atom is 0.295 e. The van der Waals surface area contributed by atoms with Crippen molar-refractivity contribution in [1.29, 1.82) is 0 Å². The van der Waals surface area contributed by atoms with Crippen molar-refractivity contribution in [2.45, 2.75) is 6.54 Å². The van der Waals surface area contributed by atoms with E-state index in [2.05, 4.69) is 25.2 Å². The zero-order chi connectivity index (χ0) is 19.8. The third-order valence-electron chi connectivity index (χ3n) is 4.36. The number of imidazole rings is 1. The smallest absolute Gasteiger partial charge is 0.295 e. The van der Waals surface area contributed by atoms with Gasteiger partial charge in [0, 0.05) is 10.6 Å². The van der Waals surface area contributed by atoms with Gasteiger partial charge in [-0.3, -0.25) is 0 Å². The highest BCUT2D eigenvalue weighted by Crippen LogP contribution is 2.22. The lowest BCUT2D eigenvalue weighted by Crippen LogP contribution is -2.38. The number of hydrogen-bond acceptors (Lipinski definition) is 5. The molecule has 0 aliphatic rings. The van der Waals surface area contributed by atoms with Crippen LogP contribution in [0.4, 0.5) is 4.39 Å². The first-order valence-corrected chi connectivity index (χ1v) is 9.12. The Balaban J connectivity index is 1.41. The van der Waals surface area contributed by atoms with Crippen LogP contribution in [0.3, 0.4) is 0 Å². The molecule has 0 bridgehead atoms. The van der Waals surface area contributed by atoms with Crippen LogP contribution in [-0.4, -0.2) is 25.2 Å². The summed E-state index contributed by atoms with van der Waals surface area (Å²) in [5, 5.41) is 8.96. The van der Waals surface area contributed by atoms with Gasteiger partial charge >= 0.3 is 0 Å². The Bertz CT molecular complexity index is 1310. The van der Waals surface area contributed by atoms with E-state index in [0.717, 1.165) is 11.1 Å². The van der Waals surface area contributed by atoms with Crippen LogP contribution in [0.2, 0.25) is 5.02 Å². The molecular weight excluding hydrogens is 395 g/mol. The first-order chi connectivity index (χ1) is 14.2. The lowest BCUT2D eigenvalue weighted by molar-refractivity contribution is -0.746. The number of fused-ring (bicyclic) bond motifs is 1. The van der Waals surface area contributed by atoms with Gasteiger partial charge in [-0.2, -0.15) is 4.98 Å². The molecule has 2 aromatic carbocycles. The highest BCUT2D eigenvalue weighted by molar-refractivity contribution is 6.30. The van der Waals surface area contributed by atoms with Crippen molar-refractivity contribution in [3.05, 3.63) is 77.7 Å². The van der Waals surface area contributed by atoms with E-state index in [0.29, 0.717) is 33.6 Å². The molecule has 142 valence electrons. The SMILES string of the molecule is Fc1ccccc1-c1nc2cn[n+](Cc3nc(-c4ccc(Cl)cc4)no3)cc2[nH]1. The fourth-order valence-corrected chi connectivity index (χ4v) is 3.08. The Morgan fingerprint density at radius 3 is 2.72 bits per heavy atom. The number of hydrogen-bond donors (Lipinski definition) is 1. The second-order valence-corrected chi connectivity index (χ2v) is 6.79. The minimum absolute atomic E-state index is 0.282. The van der Waals surface area contributed by atoms with Gasteiger partial charge in [0.25, 0.3) is 12.4 Å². The second-order valence-electron chi connectivity index (χ2n) is 6.35. The first kappa shape index (κ1) is 17.4. The van der Waals surface area contributed by atoms with E-state index in [1.165, 1.54) is 6.07 Å². The Morgan fingerprint density at radius 2 is 1.90 bits per heavy atom. The van der Waals surface area contributed by atoms with Crippen LogP contribution < -0.4 is 4.68 Å². The summed E-state index contributed by atoms with van der Waals surface area (Å²) in [6, 6.07) is 13.6. The summed E-state index contributed by atoms with van der Waals surface area (Å²) >= 11 is 5.90. The molecule has 0 spiro atoms. The molecule has 0 saturated heterocycles. The fraction of sp³-hybridized carbons (Fsp3) is 0.0500. The minimum Gasteiger partial charge on any atom is -0.333 e. The summed E-state index contributed by atoms with van der Waals surface area (Å²) in [5.74, 6) is 0.982. The summed E-state index contributed by atoms with van der Waals surface area (Å²) in [5.41, 5.74) is 2.56. The lowest BCUT2D eigenvalue weighted by atomic mass is 10.2. The normalized spacial score (nSPS) is 11.2. The quantitative estimate of drug-likeness (QED) is 0.458. The van der Waals surface area contributed by atoms with Gasteiger partial charge in [-0.15, -0.1) is 0 Å². The average Bonchev–Trinajstić information content (AvgIpc) is 3.35. The molecule has 0 amide bonds. The maximum absolute atomic E-state index is 14.0. The van der Waals surface area contributed by atoms with E-state index in [1.54, 1.807) is 47.4 Å². The number of H-pyrrole nitrogens is 1. The van der Waals surface area contributed by atoms with Gasteiger partial charge in [0.1, 0.15) is 28.9 Å². The van der Waals surface area contributed by atoms with Crippen LogP contribution in [0, 0.1) is 5.82 Å². The van der Waals surface area contributed by atoms with Crippen LogP contribution in [0.5, 0.6) is 0 Å². The molecule has 9 heteroatoms. The summed E-state index contributed by atoms with van der Waals surface area (Å²) in [6.45, 7) is 0.282. The zero-order valence-corrected chi connectivity index (χ0v) is 15.6. The Morgan fingerprint density at radius 1 is 1.07 bits per heavy atom. The third kappa shape index (κ3) is 3.45. The minimum atomic E-state index is -0.340. The highest BCUT2D eigenvalue weighted by atomic mass is 35.5. The van der Waals surface area contributed by atoms with E-state index >= 15 is 0 Å². The average molecular weight is 408 g/mol. The van der Waals surface area contributed by atoms with E-state index in [1.807, 2.05) is 12.1 Å². The molecule has 29 heavy (non-hydrogen) atoms. The molecular formula is C20H13ClFN6O+. The molecule has 3 heterocycles. The van der Waals surface area contributed by atoms with Gasteiger partial charge in [-0.05, 0) is 41.5 Å². The third-order valence-corrected chi connectivity index (χ3v) is 4.62. The zero-order valence-electron chi connectivity index (χ0n) is 14.9. The number of nitrogens with zero attached hydrogens (tertiary/aromatic N) is 5. The Hall–Kier alpha value is -3.65. The molecule has 0 atom stereocenters. The van der Waals surface area contributed by atoms with E-state index in [4.69, 9.17) is 16.1 Å². The summed E-state index contributed by atoms with van der Waals surface area (Å²) in [6.07, 6.45) is 3.37. The fourth-order valence-electron chi connectivity index (χ4n) is 2.95. The lowest BCUT2D eigenvalue weighted by Gasteiger charge is -1.96. The van der Waals surface area contributed by atoms with Crippen LogP contribution in [0.1, 0.15) is 5.89 Å². The summed E-state index contributed by atoms with van der Waals surface area (Å²) in [7, 11) is 0. The monoisotopic (exact) mass is 407 g/mol. The topological polar surface area (TPSA) is 84.4 Å². The molecule has 0 aliphatic heterocycles. The van der Waals surface area contributed by atoms with Crippen LogP contribution in [0.25, 0.3) is 33.8 Å². The van der Waals surface area contributed by atoms with E-state index in [-0.39, 0.29) is 12.4 Å². The van der Waals surface area contributed by atoms with Crippen molar-refractivity contribution in [3.8, 4) is 22.8 Å². The molecule has 5 aromatic rings. The van der Waals surface area contributed by atoms with Crippen molar-refractivity contribution in [3.63, 3.8) is 0 Å². The van der Waals surface area contributed by atoms with Crippen molar-refractivity contribution in [2.24, 2.45) is 0 Å². The molecule has 1 N–H and O–H groups in total. The number of rotatable bonds is 4. The van der Waals surface area contributed by atoms with Crippen LogP contribution >= 0.6 is 11.6 Å². The standard InChI is InChI=1S/C20H12ClFN6O/c21-13-7-5-12(6-8-13)19-26-18(29-27-19)11-28-10-17-16(9-23-28)24-20(25-17)14-3-1-2-4-15(14)22/h1-10H,11H2/p+1. The molecule has 0 saturated carbocycles. The van der Waals surface area contributed by atoms with E-state index in [9.17, 15) is 4.39 Å². The number of aromatic nitrogens is 6. The molecule has 0 radical (unpaired) electrons. The van der Waals surface area contributed by atoms with Crippen molar-refractivity contribution in [1.82, 2.24) is 25.2 Å². The maximum atomic E-state index is 14.0. The van der Waals surface area contributed by atoms with Crippen molar-refractivity contribution < 1.29 is 13.6 Å². The molecule has 7 nitrogen and oxygen atoms in total. The van der Waals surface area contributed by atoms with Gasteiger partial charge in [0.2, 0.25) is 12.0 Å². The molecule has 3 aromatic heterocycles. The summed E-state index contributed by atoms with van der Waals surface area (Å²) in [4.78, 5) is 11.9. The molecule has 0 aliphatic carbocycles.